The minimum absolute atomic E-state index is 0.364. The number of hydrogen-bond donors (Lipinski definition) is 2. The predicted octanol–water partition coefficient (Wildman–Crippen LogP) is 2.72. The highest BCUT2D eigenvalue weighted by Crippen LogP contribution is 2.19. The Kier molecular flexibility index (Phi) is 5.83. The Balaban J connectivity index is 1.73. The molecule has 19 heavy (non-hydrogen) atoms. The highest BCUT2D eigenvalue weighted by Gasteiger charge is 2.16. The van der Waals surface area contributed by atoms with Crippen molar-refractivity contribution in [1.82, 2.24) is 5.43 Å². The van der Waals surface area contributed by atoms with Crippen LogP contribution in [0.15, 0.2) is 24.3 Å². The normalized spacial score (nSPS) is 20.6. The lowest BCUT2D eigenvalue weighted by Gasteiger charge is -2.17. The fourth-order valence-electron chi connectivity index (χ4n) is 2.83. The van der Waals surface area contributed by atoms with Gasteiger partial charge < -0.3 is 4.74 Å². The first-order valence-corrected chi connectivity index (χ1v) is 7.41. The zero-order valence-electron chi connectivity index (χ0n) is 11.9. The van der Waals surface area contributed by atoms with Gasteiger partial charge in [0.1, 0.15) is 0 Å². The first kappa shape index (κ1) is 14.5. The average molecular weight is 262 g/mol. The summed E-state index contributed by atoms with van der Waals surface area (Å²) in [6, 6.07) is 9.03. The minimum atomic E-state index is 0.364. The number of nitrogens with one attached hydrogen (secondary N) is 1. The van der Waals surface area contributed by atoms with Crippen molar-refractivity contribution in [2.24, 2.45) is 5.84 Å². The van der Waals surface area contributed by atoms with E-state index in [9.17, 15) is 0 Å². The summed E-state index contributed by atoms with van der Waals surface area (Å²) >= 11 is 0. The van der Waals surface area contributed by atoms with Gasteiger partial charge in [-0.2, -0.15) is 0 Å². The molecule has 1 heterocycles. The van der Waals surface area contributed by atoms with Gasteiger partial charge in [0, 0.05) is 12.6 Å². The average Bonchev–Trinajstić information content (AvgIpc) is 2.91. The SMILES string of the molecule is Cc1cccc(CC(CCCC2CCCO2)NN)c1. The summed E-state index contributed by atoms with van der Waals surface area (Å²) in [5.41, 5.74) is 5.63. The molecule has 0 radical (unpaired) electrons. The van der Waals surface area contributed by atoms with Crippen molar-refractivity contribution in [3.63, 3.8) is 0 Å². The van der Waals surface area contributed by atoms with Crippen molar-refractivity contribution >= 4 is 0 Å². The second-order valence-corrected chi connectivity index (χ2v) is 5.62. The zero-order chi connectivity index (χ0) is 13.5. The first-order chi connectivity index (χ1) is 9.28. The number of hydrazine groups is 1. The lowest BCUT2D eigenvalue weighted by Crippen LogP contribution is -2.36. The van der Waals surface area contributed by atoms with E-state index in [1.54, 1.807) is 0 Å². The molecule has 1 saturated heterocycles. The fraction of sp³-hybridized carbons (Fsp3) is 0.625. The van der Waals surface area contributed by atoms with Crippen LogP contribution in [0.3, 0.4) is 0 Å². The van der Waals surface area contributed by atoms with Gasteiger partial charge in [0.25, 0.3) is 0 Å². The Bertz CT molecular complexity index is 375. The molecule has 2 unspecified atom stereocenters. The van der Waals surface area contributed by atoms with Crippen LogP contribution >= 0.6 is 0 Å². The van der Waals surface area contributed by atoms with E-state index in [2.05, 4.69) is 36.6 Å². The maximum atomic E-state index is 5.67. The van der Waals surface area contributed by atoms with Crippen molar-refractivity contribution in [3.8, 4) is 0 Å². The molecule has 1 aliphatic rings. The largest absolute Gasteiger partial charge is 0.378 e. The third-order valence-electron chi connectivity index (χ3n) is 3.90. The quantitative estimate of drug-likeness (QED) is 0.587. The summed E-state index contributed by atoms with van der Waals surface area (Å²) in [6.07, 6.45) is 7.44. The molecule has 3 nitrogen and oxygen atoms in total. The minimum Gasteiger partial charge on any atom is -0.378 e. The molecule has 1 aromatic carbocycles. The number of rotatable bonds is 7. The van der Waals surface area contributed by atoms with Crippen molar-refractivity contribution < 1.29 is 4.74 Å². The molecule has 0 aliphatic carbocycles. The summed E-state index contributed by atoms with van der Waals surface area (Å²) in [5.74, 6) is 5.67. The Labute approximate surface area is 116 Å². The molecule has 1 aromatic rings. The van der Waals surface area contributed by atoms with Gasteiger partial charge in [-0.3, -0.25) is 11.3 Å². The third kappa shape index (κ3) is 4.94. The van der Waals surface area contributed by atoms with Gasteiger partial charge in [0.05, 0.1) is 6.10 Å². The van der Waals surface area contributed by atoms with Crippen molar-refractivity contribution in [1.29, 1.82) is 0 Å². The number of aryl methyl sites for hydroxylation is 1. The third-order valence-corrected chi connectivity index (χ3v) is 3.90. The van der Waals surface area contributed by atoms with Gasteiger partial charge in [-0.15, -0.1) is 0 Å². The molecule has 1 aliphatic heterocycles. The van der Waals surface area contributed by atoms with E-state index in [4.69, 9.17) is 10.6 Å². The standard InChI is InChI=1S/C16H26N2O/c1-13-5-2-6-14(11-13)12-15(18-17)7-3-8-16-9-4-10-19-16/h2,5-6,11,15-16,18H,3-4,7-10,12,17H2,1H3. The molecule has 3 heteroatoms. The monoisotopic (exact) mass is 262 g/mol. The highest BCUT2D eigenvalue weighted by atomic mass is 16.5. The summed E-state index contributed by atoms with van der Waals surface area (Å²) in [6.45, 7) is 3.08. The van der Waals surface area contributed by atoms with E-state index in [0.717, 1.165) is 19.4 Å². The zero-order valence-corrected chi connectivity index (χ0v) is 11.9. The lowest BCUT2D eigenvalue weighted by molar-refractivity contribution is 0.101. The maximum absolute atomic E-state index is 5.67. The Morgan fingerprint density at radius 3 is 3.05 bits per heavy atom. The van der Waals surface area contributed by atoms with Gasteiger partial charge in [-0.25, -0.2) is 0 Å². The smallest absolute Gasteiger partial charge is 0.0576 e. The van der Waals surface area contributed by atoms with E-state index < -0.39 is 0 Å². The van der Waals surface area contributed by atoms with Crippen LogP contribution in [-0.4, -0.2) is 18.8 Å². The van der Waals surface area contributed by atoms with Gasteiger partial charge in [0.2, 0.25) is 0 Å². The molecule has 0 aromatic heterocycles. The first-order valence-electron chi connectivity index (χ1n) is 7.41. The summed E-state index contributed by atoms with van der Waals surface area (Å²) in [4.78, 5) is 0. The van der Waals surface area contributed by atoms with Crippen molar-refractivity contribution in [2.45, 2.75) is 57.6 Å². The van der Waals surface area contributed by atoms with E-state index in [1.807, 2.05) is 0 Å². The predicted molar refractivity (Wildman–Crippen MR) is 78.8 cm³/mol. The van der Waals surface area contributed by atoms with Crippen molar-refractivity contribution in [3.05, 3.63) is 35.4 Å². The molecule has 0 saturated carbocycles. The fourth-order valence-corrected chi connectivity index (χ4v) is 2.83. The Morgan fingerprint density at radius 2 is 2.37 bits per heavy atom. The number of benzene rings is 1. The van der Waals surface area contributed by atoms with Crippen LogP contribution in [0.1, 0.15) is 43.2 Å². The molecule has 106 valence electrons. The number of hydrogen-bond acceptors (Lipinski definition) is 3. The van der Waals surface area contributed by atoms with E-state index >= 15 is 0 Å². The van der Waals surface area contributed by atoms with Crippen LogP contribution < -0.4 is 11.3 Å². The summed E-state index contributed by atoms with van der Waals surface area (Å²) < 4.78 is 5.65. The van der Waals surface area contributed by atoms with E-state index in [-0.39, 0.29) is 0 Å². The second kappa shape index (κ2) is 7.63. The molecule has 3 N–H and O–H groups in total. The summed E-state index contributed by atoms with van der Waals surface area (Å²) in [5, 5.41) is 0. The molecular weight excluding hydrogens is 236 g/mol. The molecule has 0 amide bonds. The molecule has 0 spiro atoms. The Morgan fingerprint density at radius 1 is 1.47 bits per heavy atom. The van der Waals surface area contributed by atoms with Crippen LogP contribution in [0, 0.1) is 6.92 Å². The maximum Gasteiger partial charge on any atom is 0.0576 e. The van der Waals surface area contributed by atoms with Crippen LogP contribution in [0.5, 0.6) is 0 Å². The van der Waals surface area contributed by atoms with Crippen LogP contribution in [0.25, 0.3) is 0 Å². The van der Waals surface area contributed by atoms with Crippen molar-refractivity contribution in [2.75, 3.05) is 6.61 Å². The lowest BCUT2D eigenvalue weighted by atomic mass is 9.99. The van der Waals surface area contributed by atoms with Gasteiger partial charge >= 0.3 is 0 Å². The molecular formula is C16H26N2O. The molecule has 2 atom stereocenters. The van der Waals surface area contributed by atoms with Crippen LogP contribution in [0.4, 0.5) is 0 Å². The van der Waals surface area contributed by atoms with Gasteiger partial charge in [-0.05, 0) is 51.0 Å². The van der Waals surface area contributed by atoms with Gasteiger partial charge in [0.15, 0.2) is 0 Å². The summed E-state index contributed by atoms with van der Waals surface area (Å²) in [7, 11) is 0. The Hall–Kier alpha value is -0.900. The highest BCUT2D eigenvalue weighted by molar-refractivity contribution is 5.22. The van der Waals surface area contributed by atoms with E-state index in [0.29, 0.717) is 12.1 Å². The number of ether oxygens (including phenoxy) is 1. The van der Waals surface area contributed by atoms with E-state index in [1.165, 1.54) is 36.8 Å². The molecule has 2 rings (SSSR count). The van der Waals surface area contributed by atoms with Crippen LogP contribution in [-0.2, 0) is 11.2 Å². The van der Waals surface area contributed by atoms with Gasteiger partial charge in [-0.1, -0.05) is 29.8 Å². The second-order valence-electron chi connectivity index (χ2n) is 5.62. The molecule has 0 bridgehead atoms. The number of nitrogens with two attached hydrogens (primary N) is 1. The van der Waals surface area contributed by atoms with Crippen LogP contribution in [0.2, 0.25) is 0 Å². The molecule has 1 fully saturated rings. The topological polar surface area (TPSA) is 47.3 Å².